The molecular formula is C22H19NO2. The molecule has 0 saturated carbocycles. The van der Waals surface area contributed by atoms with Gasteiger partial charge in [-0.2, -0.15) is 0 Å². The first-order valence-corrected chi connectivity index (χ1v) is 8.47. The lowest BCUT2D eigenvalue weighted by atomic mass is 9.93. The molecular weight excluding hydrogens is 310 g/mol. The Morgan fingerprint density at radius 3 is 2.12 bits per heavy atom. The van der Waals surface area contributed by atoms with Crippen LogP contribution in [-0.4, -0.2) is 12.5 Å². The standard InChI is InChI=1S/C22H19NO2/c1-2-25-22(17-11-5-3-6-12-17)20-16-10-9-15-19(20)21(24)23(22)18-13-7-4-8-14-18/h3-16H,2H2,1H3/t22-/m0/s1. The van der Waals surface area contributed by atoms with E-state index in [1.807, 2.05) is 91.9 Å². The van der Waals surface area contributed by atoms with E-state index in [0.29, 0.717) is 12.2 Å². The van der Waals surface area contributed by atoms with Gasteiger partial charge in [-0.1, -0.05) is 66.7 Å². The van der Waals surface area contributed by atoms with Crippen LogP contribution in [0.3, 0.4) is 0 Å². The van der Waals surface area contributed by atoms with Gasteiger partial charge in [0.2, 0.25) is 5.72 Å². The summed E-state index contributed by atoms with van der Waals surface area (Å²) in [6.07, 6.45) is 0. The number of fused-ring (bicyclic) bond motifs is 1. The molecule has 0 bridgehead atoms. The van der Waals surface area contributed by atoms with Crippen LogP contribution in [0.1, 0.15) is 28.4 Å². The second kappa shape index (κ2) is 6.19. The second-order valence-electron chi connectivity index (χ2n) is 5.96. The van der Waals surface area contributed by atoms with E-state index in [0.717, 1.165) is 16.8 Å². The van der Waals surface area contributed by atoms with Gasteiger partial charge in [-0.05, 0) is 25.1 Å². The molecule has 124 valence electrons. The normalized spacial score (nSPS) is 19.1. The van der Waals surface area contributed by atoms with Crippen molar-refractivity contribution >= 4 is 11.6 Å². The number of carbonyl (C=O) groups is 1. The SMILES string of the molecule is CCO[C@@]1(c2ccccc2)c2ccccc2C(=O)N1c1ccccc1. The summed E-state index contributed by atoms with van der Waals surface area (Å²) in [6.45, 7) is 2.44. The molecule has 1 atom stereocenters. The van der Waals surface area contributed by atoms with Crippen LogP contribution in [0.4, 0.5) is 5.69 Å². The maximum absolute atomic E-state index is 13.3. The molecule has 4 rings (SSSR count). The summed E-state index contributed by atoms with van der Waals surface area (Å²) in [5, 5.41) is 0. The molecule has 3 heteroatoms. The largest absolute Gasteiger partial charge is 0.347 e. The third-order valence-corrected chi connectivity index (χ3v) is 4.57. The van der Waals surface area contributed by atoms with Gasteiger partial charge in [-0.25, -0.2) is 0 Å². The minimum absolute atomic E-state index is 0.0425. The van der Waals surface area contributed by atoms with Crippen molar-refractivity contribution in [2.45, 2.75) is 12.6 Å². The van der Waals surface area contributed by atoms with Crippen molar-refractivity contribution < 1.29 is 9.53 Å². The van der Waals surface area contributed by atoms with E-state index in [1.165, 1.54) is 0 Å². The van der Waals surface area contributed by atoms with E-state index in [2.05, 4.69) is 0 Å². The molecule has 0 radical (unpaired) electrons. The van der Waals surface area contributed by atoms with Crippen LogP contribution in [0.25, 0.3) is 0 Å². The minimum atomic E-state index is -0.953. The van der Waals surface area contributed by atoms with E-state index < -0.39 is 5.72 Å². The van der Waals surface area contributed by atoms with Crippen molar-refractivity contribution in [3.05, 3.63) is 102 Å². The van der Waals surface area contributed by atoms with Crippen molar-refractivity contribution in [1.82, 2.24) is 0 Å². The van der Waals surface area contributed by atoms with Gasteiger partial charge in [0.15, 0.2) is 0 Å². The van der Waals surface area contributed by atoms with Crippen LogP contribution < -0.4 is 4.90 Å². The van der Waals surface area contributed by atoms with Gasteiger partial charge in [0.25, 0.3) is 5.91 Å². The van der Waals surface area contributed by atoms with Crippen LogP contribution in [0.2, 0.25) is 0 Å². The highest BCUT2D eigenvalue weighted by Gasteiger charge is 2.52. The van der Waals surface area contributed by atoms with Crippen molar-refractivity contribution in [3.63, 3.8) is 0 Å². The van der Waals surface area contributed by atoms with Gasteiger partial charge in [0, 0.05) is 29.0 Å². The summed E-state index contributed by atoms with van der Waals surface area (Å²) in [6, 6.07) is 27.4. The highest BCUT2D eigenvalue weighted by Crippen LogP contribution is 2.47. The van der Waals surface area contributed by atoms with Gasteiger partial charge in [-0.15, -0.1) is 0 Å². The topological polar surface area (TPSA) is 29.5 Å². The fraction of sp³-hybridized carbons (Fsp3) is 0.136. The number of hydrogen-bond acceptors (Lipinski definition) is 2. The number of hydrogen-bond donors (Lipinski definition) is 0. The number of nitrogens with zero attached hydrogens (tertiary/aromatic N) is 1. The molecule has 0 aromatic heterocycles. The summed E-state index contributed by atoms with van der Waals surface area (Å²) in [7, 11) is 0. The maximum atomic E-state index is 13.3. The number of ether oxygens (including phenoxy) is 1. The lowest BCUT2D eigenvalue weighted by Crippen LogP contribution is -2.47. The van der Waals surface area contributed by atoms with Gasteiger partial charge in [-0.3, -0.25) is 9.69 Å². The lowest BCUT2D eigenvalue weighted by Gasteiger charge is -2.39. The highest BCUT2D eigenvalue weighted by atomic mass is 16.5. The molecule has 3 aromatic rings. The fourth-order valence-electron chi connectivity index (χ4n) is 3.61. The molecule has 3 nitrogen and oxygen atoms in total. The summed E-state index contributed by atoms with van der Waals surface area (Å²) < 4.78 is 6.35. The van der Waals surface area contributed by atoms with Crippen molar-refractivity contribution in [2.75, 3.05) is 11.5 Å². The monoisotopic (exact) mass is 329 g/mol. The zero-order chi connectivity index (χ0) is 17.3. The highest BCUT2D eigenvalue weighted by molar-refractivity contribution is 6.12. The van der Waals surface area contributed by atoms with Crippen LogP contribution in [0.15, 0.2) is 84.9 Å². The third-order valence-electron chi connectivity index (χ3n) is 4.57. The summed E-state index contributed by atoms with van der Waals surface area (Å²) >= 11 is 0. The lowest BCUT2D eigenvalue weighted by molar-refractivity contribution is -0.00512. The Morgan fingerprint density at radius 1 is 0.840 bits per heavy atom. The molecule has 0 unspecified atom stereocenters. The Labute approximate surface area is 147 Å². The Kier molecular flexibility index (Phi) is 3.86. The minimum Gasteiger partial charge on any atom is -0.347 e. The smallest absolute Gasteiger partial charge is 0.261 e. The van der Waals surface area contributed by atoms with E-state index in [-0.39, 0.29) is 5.91 Å². The van der Waals surface area contributed by atoms with Crippen LogP contribution >= 0.6 is 0 Å². The number of carbonyl (C=O) groups excluding carboxylic acids is 1. The number of benzene rings is 3. The van der Waals surface area contributed by atoms with E-state index in [9.17, 15) is 4.79 Å². The first-order valence-electron chi connectivity index (χ1n) is 8.47. The van der Waals surface area contributed by atoms with Crippen LogP contribution in [0.5, 0.6) is 0 Å². The van der Waals surface area contributed by atoms with Gasteiger partial charge >= 0.3 is 0 Å². The first-order chi connectivity index (χ1) is 12.3. The second-order valence-corrected chi connectivity index (χ2v) is 5.96. The molecule has 1 amide bonds. The molecule has 0 spiro atoms. The van der Waals surface area contributed by atoms with Crippen molar-refractivity contribution in [3.8, 4) is 0 Å². The quantitative estimate of drug-likeness (QED) is 0.701. The molecule has 1 aliphatic heterocycles. The van der Waals surface area contributed by atoms with E-state index >= 15 is 0 Å². The third kappa shape index (κ3) is 2.28. The molecule has 0 fully saturated rings. The Balaban J connectivity index is 2.04. The molecule has 0 aliphatic carbocycles. The van der Waals surface area contributed by atoms with Gasteiger partial charge in [0.1, 0.15) is 0 Å². The van der Waals surface area contributed by atoms with Crippen molar-refractivity contribution in [2.24, 2.45) is 0 Å². The average molecular weight is 329 g/mol. The molecule has 3 aromatic carbocycles. The maximum Gasteiger partial charge on any atom is 0.261 e. The first kappa shape index (κ1) is 15.6. The zero-order valence-electron chi connectivity index (χ0n) is 14.1. The predicted octanol–water partition coefficient (Wildman–Crippen LogP) is 4.58. The van der Waals surface area contributed by atoms with Gasteiger partial charge < -0.3 is 4.74 Å². The molecule has 0 saturated heterocycles. The summed E-state index contributed by atoms with van der Waals surface area (Å²) in [5.74, 6) is -0.0425. The molecule has 1 heterocycles. The Bertz CT molecular complexity index is 892. The number of para-hydroxylation sites is 1. The Hall–Kier alpha value is -2.91. The molecule has 1 aliphatic rings. The number of rotatable bonds is 4. The predicted molar refractivity (Wildman–Crippen MR) is 98.5 cm³/mol. The number of anilines is 1. The summed E-state index contributed by atoms with van der Waals surface area (Å²) in [4.78, 5) is 15.1. The van der Waals surface area contributed by atoms with E-state index in [4.69, 9.17) is 4.74 Å². The van der Waals surface area contributed by atoms with Crippen LogP contribution in [0, 0.1) is 0 Å². The van der Waals surface area contributed by atoms with E-state index in [1.54, 1.807) is 4.90 Å². The fourth-order valence-corrected chi connectivity index (χ4v) is 3.61. The number of amides is 1. The summed E-state index contributed by atoms with van der Waals surface area (Å²) in [5.41, 5.74) is 2.38. The average Bonchev–Trinajstić information content (AvgIpc) is 2.93. The van der Waals surface area contributed by atoms with Crippen LogP contribution in [-0.2, 0) is 10.5 Å². The molecule has 25 heavy (non-hydrogen) atoms. The Morgan fingerprint density at radius 2 is 1.44 bits per heavy atom. The van der Waals surface area contributed by atoms with Crippen molar-refractivity contribution in [1.29, 1.82) is 0 Å². The van der Waals surface area contributed by atoms with Gasteiger partial charge in [0.05, 0.1) is 0 Å². The zero-order valence-corrected chi connectivity index (χ0v) is 14.1. The molecule has 0 N–H and O–H groups in total.